The van der Waals surface area contributed by atoms with Gasteiger partial charge in [-0.2, -0.15) is 5.16 Å². The van der Waals surface area contributed by atoms with E-state index in [0.29, 0.717) is 0 Å². The highest BCUT2D eigenvalue weighted by Crippen LogP contribution is 2.08. The maximum absolute atomic E-state index is 10.9. The molecule has 6 nitrogen and oxygen atoms in total. The summed E-state index contributed by atoms with van der Waals surface area (Å²) in [6.07, 6.45) is 1.11. The number of hydrogen-bond donors (Lipinski definition) is 2. The summed E-state index contributed by atoms with van der Waals surface area (Å²) in [5.74, 6) is -1.11. The van der Waals surface area contributed by atoms with E-state index in [9.17, 15) is 9.59 Å². The number of rotatable bonds is 1. The van der Waals surface area contributed by atoms with Crippen LogP contribution >= 0.6 is 0 Å². The van der Waals surface area contributed by atoms with Crippen LogP contribution in [-0.4, -0.2) is 21.2 Å². The molecule has 2 rings (SSSR count). The van der Waals surface area contributed by atoms with Crippen LogP contribution in [0, 0.1) is 0 Å². The van der Waals surface area contributed by atoms with E-state index in [0.717, 1.165) is 6.20 Å². The monoisotopic (exact) mass is 180 g/mol. The van der Waals surface area contributed by atoms with E-state index in [1.54, 1.807) is 0 Å². The van der Waals surface area contributed by atoms with Crippen molar-refractivity contribution in [2.24, 2.45) is 0 Å². The number of nitrogens with one attached hydrogen (secondary N) is 1. The van der Waals surface area contributed by atoms with Gasteiger partial charge in [-0.25, -0.2) is 9.78 Å². The van der Waals surface area contributed by atoms with Crippen LogP contribution in [0.3, 0.4) is 0 Å². The van der Waals surface area contributed by atoms with Gasteiger partial charge in [0.2, 0.25) is 0 Å². The number of aromatic amines is 1. The number of H-pyrrole nitrogens is 1. The lowest BCUT2D eigenvalue weighted by Gasteiger charge is -1.90. The van der Waals surface area contributed by atoms with Gasteiger partial charge in [0.05, 0.1) is 5.56 Å². The first-order chi connectivity index (χ1) is 6.18. The van der Waals surface area contributed by atoms with Crippen LogP contribution in [0.4, 0.5) is 0 Å². The molecule has 0 atom stereocenters. The molecule has 0 aromatic carbocycles. The lowest BCUT2D eigenvalue weighted by Crippen LogP contribution is -2.01. The van der Waals surface area contributed by atoms with Crippen molar-refractivity contribution in [1.82, 2.24) is 10.1 Å². The highest BCUT2D eigenvalue weighted by Gasteiger charge is 2.09. The number of carbonyl (C=O) groups is 1. The second-order valence-electron chi connectivity index (χ2n) is 2.41. The largest absolute Gasteiger partial charge is 0.478 e. The third-order valence-electron chi connectivity index (χ3n) is 1.57. The Morgan fingerprint density at radius 3 is 3.08 bits per heavy atom. The quantitative estimate of drug-likeness (QED) is 0.654. The van der Waals surface area contributed by atoms with E-state index in [4.69, 9.17) is 5.11 Å². The minimum atomic E-state index is -1.11. The second-order valence-corrected chi connectivity index (χ2v) is 2.41. The first kappa shape index (κ1) is 7.53. The number of carboxylic acid groups (broad SMARTS) is 1. The summed E-state index contributed by atoms with van der Waals surface area (Å²) in [4.78, 5) is 25.0. The fraction of sp³-hybridized carbons (Fsp3) is 0. The van der Waals surface area contributed by atoms with Crippen LogP contribution in [-0.2, 0) is 0 Å². The van der Waals surface area contributed by atoms with E-state index in [1.807, 2.05) is 0 Å². The zero-order chi connectivity index (χ0) is 9.42. The zero-order valence-electron chi connectivity index (χ0n) is 6.27. The van der Waals surface area contributed by atoms with Crippen molar-refractivity contribution in [2.45, 2.75) is 0 Å². The highest BCUT2D eigenvalue weighted by atomic mass is 16.5. The van der Waals surface area contributed by atoms with Gasteiger partial charge in [-0.05, 0) is 0 Å². The van der Waals surface area contributed by atoms with E-state index in [2.05, 4.69) is 14.7 Å². The van der Waals surface area contributed by atoms with E-state index in [-0.39, 0.29) is 16.7 Å². The van der Waals surface area contributed by atoms with Crippen molar-refractivity contribution in [1.29, 1.82) is 0 Å². The summed E-state index contributed by atoms with van der Waals surface area (Å²) in [5, 5.41) is 10.6. The zero-order valence-corrected chi connectivity index (χ0v) is 6.27. The number of nitrogens with zero attached hydrogens (tertiary/aromatic N) is 1. The Hall–Kier alpha value is -2.11. The van der Waals surface area contributed by atoms with Crippen molar-refractivity contribution in [3.8, 4) is 0 Å². The Morgan fingerprint density at radius 2 is 2.38 bits per heavy atom. The number of aromatic nitrogens is 2. The number of fused-ring (bicyclic) bond motifs is 1. The highest BCUT2D eigenvalue weighted by molar-refractivity contribution is 5.90. The van der Waals surface area contributed by atoms with Crippen LogP contribution in [0.5, 0.6) is 0 Å². The number of pyridine rings is 1. The molecule has 0 bridgehead atoms. The predicted molar refractivity (Wildman–Crippen MR) is 41.6 cm³/mol. The molecule has 66 valence electrons. The van der Waals surface area contributed by atoms with E-state index in [1.165, 1.54) is 6.07 Å². The summed E-state index contributed by atoms with van der Waals surface area (Å²) in [7, 11) is 0. The number of aromatic carboxylic acids is 1. The molecule has 13 heavy (non-hydrogen) atoms. The molecule has 0 aliphatic carbocycles. The standard InChI is InChI=1S/C7H4N2O4/c10-6-5-4(13-9-6)1-3(2-8-5)7(11)12/h1-2H,(H,9,10)(H,11,12). The Labute approximate surface area is 70.8 Å². The normalized spacial score (nSPS) is 10.5. The molecule has 0 aliphatic heterocycles. The minimum absolute atomic E-state index is 0.0183. The molecule has 0 amide bonds. The van der Waals surface area contributed by atoms with Crippen LogP contribution in [0.25, 0.3) is 11.1 Å². The molecular formula is C7H4N2O4. The topological polar surface area (TPSA) is 96.2 Å². The average Bonchev–Trinajstić information content (AvgIpc) is 2.47. The summed E-state index contributed by atoms with van der Waals surface area (Å²) >= 11 is 0. The van der Waals surface area contributed by atoms with Crippen LogP contribution < -0.4 is 5.56 Å². The Morgan fingerprint density at radius 1 is 1.62 bits per heavy atom. The molecule has 2 aromatic rings. The SMILES string of the molecule is O=C(O)c1cnc2c(=O)[nH]oc2c1. The van der Waals surface area contributed by atoms with Crippen molar-refractivity contribution in [2.75, 3.05) is 0 Å². The van der Waals surface area contributed by atoms with Gasteiger partial charge in [0.15, 0.2) is 11.1 Å². The van der Waals surface area contributed by atoms with Crippen LogP contribution in [0.1, 0.15) is 10.4 Å². The van der Waals surface area contributed by atoms with Gasteiger partial charge in [0.25, 0.3) is 0 Å². The summed E-state index contributed by atoms with van der Waals surface area (Å²) < 4.78 is 4.68. The molecule has 0 fully saturated rings. The van der Waals surface area contributed by atoms with Gasteiger partial charge in [0, 0.05) is 12.3 Å². The van der Waals surface area contributed by atoms with Crippen LogP contribution in [0.15, 0.2) is 21.6 Å². The third kappa shape index (κ3) is 1.08. The molecule has 2 heterocycles. The summed E-state index contributed by atoms with van der Waals surface area (Å²) in [6, 6.07) is 1.24. The van der Waals surface area contributed by atoms with Crippen molar-refractivity contribution in [3.05, 3.63) is 28.2 Å². The fourth-order valence-corrected chi connectivity index (χ4v) is 0.960. The second kappa shape index (κ2) is 2.44. The average molecular weight is 180 g/mol. The minimum Gasteiger partial charge on any atom is -0.478 e. The van der Waals surface area contributed by atoms with Gasteiger partial charge in [0.1, 0.15) is 0 Å². The molecular weight excluding hydrogens is 176 g/mol. The molecule has 2 aromatic heterocycles. The van der Waals surface area contributed by atoms with Gasteiger partial charge in [-0.15, -0.1) is 0 Å². The first-order valence-corrected chi connectivity index (χ1v) is 3.39. The first-order valence-electron chi connectivity index (χ1n) is 3.39. The maximum Gasteiger partial charge on any atom is 0.337 e. The lowest BCUT2D eigenvalue weighted by molar-refractivity contribution is 0.0696. The van der Waals surface area contributed by atoms with E-state index >= 15 is 0 Å². The van der Waals surface area contributed by atoms with Gasteiger partial charge in [-0.1, -0.05) is 0 Å². The molecule has 2 N–H and O–H groups in total. The van der Waals surface area contributed by atoms with Gasteiger partial charge in [-0.3, -0.25) is 4.79 Å². The number of carboxylic acids is 1. The Bertz CT molecular complexity index is 525. The Balaban J connectivity index is 2.77. The molecule has 0 saturated heterocycles. The van der Waals surface area contributed by atoms with Gasteiger partial charge >= 0.3 is 11.5 Å². The van der Waals surface area contributed by atoms with Crippen molar-refractivity contribution < 1.29 is 14.4 Å². The molecule has 0 unspecified atom stereocenters. The molecule has 0 aliphatic rings. The Kier molecular flexibility index (Phi) is 1.42. The summed E-state index contributed by atoms with van der Waals surface area (Å²) in [5.41, 5.74) is -0.239. The molecule has 0 spiro atoms. The molecule has 0 saturated carbocycles. The predicted octanol–water partition coefficient (Wildman–Crippen LogP) is 0.214. The number of hydrogen-bond acceptors (Lipinski definition) is 4. The van der Waals surface area contributed by atoms with Gasteiger partial charge < -0.3 is 9.63 Å². The van der Waals surface area contributed by atoms with Crippen molar-refractivity contribution >= 4 is 17.1 Å². The fourth-order valence-electron chi connectivity index (χ4n) is 0.960. The summed E-state index contributed by atoms with van der Waals surface area (Å²) in [6.45, 7) is 0. The molecule has 6 heteroatoms. The lowest BCUT2D eigenvalue weighted by atomic mass is 10.3. The maximum atomic E-state index is 10.9. The van der Waals surface area contributed by atoms with E-state index < -0.39 is 11.5 Å². The smallest absolute Gasteiger partial charge is 0.337 e. The third-order valence-corrected chi connectivity index (χ3v) is 1.57. The molecule has 0 radical (unpaired) electrons. The van der Waals surface area contributed by atoms with Crippen LogP contribution in [0.2, 0.25) is 0 Å². The van der Waals surface area contributed by atoms with Crippen molar-refractivity contribution in [3.63, 3.8) is 0 Å².